The lowest BCUT2D eigenvalue weighted by molar-refractivity contribution is -0.146. The Balaban J connectivity index is 1.50. The number of esters is 1. The maximum absolute atomic E-state index is 12.0. The lowest BCUT2D eigenvalue weighted by Gasteiger charge is -2.09. The van der Waals surface area contributed by atoms with Crippen LogP contribution in [0.15, 0.2) is 48.1 Å². The lowest BCUT2D eigenvalue weighted by atomic mass is 10.2. The third kappa shape index (κ3) is 5.12. The van der Waals surface area contributed by atoms with Crippen LogP contribution in [0.1, 0.15) is 11.3 Å². The Morgan fingerprint density at radius 2 is 2.11 bits per heavy atom. The normalized spacial score (nSPS) is 10.4. The first-order chi connectivity index (χ1) is 13.0. The smallest absolute Gasteiger partial charge is 0.312 e. The van der Waals surface area contributed by atoms with Gasteiger partial charge in [-0.1, -0.05) is 17.7 Å². The van der Waals surface area contributed by atoms with Gasteiger partial charge in [-0.25, -0.2) is 4.98 Å². The number of halogens is 1. The second-order valence-electron chi connectivity index (χ2n) is 5.68. The molecule has 0 radical (unpaired) electrons. The van der Waals surface area contributed by atoms with Gasteiger partial charge in [0.25, 0.3) is 5.91 Å². The topological polar surface area (TPSA) is 81.2 Å². The molecule has 0 aliphatic rings. The average Bonchev–Trinajstić information content (AvgIpc) is 3.13. The number of hydrogen-bond donors (Lipinski definition) is 1. The molecule has 0 fully saturated rings. The van der Waals surface area contributed by atoms with E-state index < -0.39 is 11.9 Å². The molecule has 3 rings (SSSR count). The molecule has 2 aromatic heterocycles. The molecule has 0 aliphatic carbocycles. The van der Waals surface area contributed by atoms with Crippen LogP contribution in [0.3, 0.4) is 0 Å². The second kappa shape index (κ2) is 8.75. The van der Waals surface area contributed by atoms with Crippen molar-refractivity contribution in [2.24, 2.45) is 0 Å². The number of rotatable bonds is 6. The van der Waals surface area contributed by atoms with E-state index in [2.05, 4.69) is 15.3 Å². The zero-order valence-corrected chi connectivity index (χ0v) is 16.0. The van der Waals surface area contributed by atoms with Crippen LogP contribution in [0.4, 0.5) is 5.69 Å². The van der Waals surface area contributed by atoms with Crippen molar-refractivity contribution in [3.63, 3.8) is 0 Å². The van der Waals surface area contributed by atoms with Gasteiger partial charge in [0.1, 0.15) is 5.01 Å². The van der Waals surface area contributed by atoms with E-state index in [1.807, 2.05) is 12.1 Å². The Bertz CT molecular complexity index is 960. The van der Waals surface area contributed by atoms with Crippen LogP contribution >= 0.6 is 22.9 Å². The molecule has 0 saturated heterocycles. The van der Waals surface area contributed by atoms with E-state index in [-0.39, 0.29) is 13.0 Å². The Morgan fingerprint density at radius 3 is 2.89 bits per heavy atom. The first-order valence-electron chi connectivity index (χ1n) is 8.08. The summed E-state index contributed by atoms with van der Waals surface area (Å²) in [6.45, 7) is 1.43. The van der Waals surface area contributed by atoms with E-state index in [1.165, 1.54) is 11.3 Å². The summed E-state index contributed by atoms with van der Waals surface area (Å²) in [4.78, 5) is 32.4. The SMILES string of the molecule is Cc1c(Cl)cccc1NC(=O)COC(=O)Cc1csc(-c2cccnc2)n1. The summed E-state index contributed by atoms with van der Waals surface area (Å²) in [5.74, 6) is -0.945. The summed E-state index contributed by atoms with van der Waals surface area (Å²) in [7, 11) is 0. The molecule has 0 unspecified atom stereocenters. The molecular formula is C19H16ClN3O3S. The first-order valence-corrected chi connectivity index (χ1v) is 9.34. The highest BCUT2D eigenvalue weighted by Gasteiger charge is 2.13. The van der Waals surface area contributed by atoms with Crippen molar-refractivity contribution < 1.29 is 14.3 Å². The van der Waals surface area contributed by atoms with Gasteiger partial charge in [0.2, 0.25) is 0 Å². The van der Waals surface area contributed by atoms with Gasteiger partial charge in [0, 0.05) is 34.0 Å². The summed E-state index contributed by atoms with van der Waals surface area (Å²) < 4.78 is 5.03. The average molecular weight is 402 g/mol. The first kappa shape index (κ1) is 19.0. The number of anilines is 1. The molecule has 1 amide bonds. The fourth-order valence-electron chi connectivity index (χ4n) is 2.28. The third-order valence-electron chi connectivity index (χ3n) is 3.69. The molecule has 27 heavy (non-hydrogen) atoms. The van der Waals surface area contributed by atoms with E-state index in [0.717, 1.165) is 16.1 Å². The van der Waals surface area contributed by atoms with Crippen molar-refractivity contribution in [1.29, 1.82) is 0 Å². The third-order valence-corrected chi connectivity index (χ3v) is 5.04. The summed E-state index contributed by atoms with van der Waals surface area (Å²) in [6, 6.07) is 8.93. The van der Waals surface area contributed by atoms with Gasteiger partial charge in [0.05, 0.1) is 12.1 Å². The Morgan fingerprint density at radius 1 is 1.26 bits per heavy atom. The van der Waals surface area contributed by atoms with Crippen molar-refractivity contribution in [3.05, 3.63) is 64.4 Å². The van der Waals surface area contributed by atoms with Crippen molar-refractivity contribution in [2.75, 3.05) is 11.9 Å². The molecule has 1 aromatic carbocycles. The highest BCUT2D eigenvalue weighted by Crippen LogP contribution is 2.23. The molecule has 6 nitrogen and oxygen atoms in total. The highest BCUT2D eigenvalue weighted by molar-refractivity contribution is 7.13. The number of benzene rings is 1. The summed E-state index contributed by atoms with van der Waals surface area (Å²) in [5.41, 5.74) is 2.82. The van der Waals surface area contributed by atoms with E-state index in [9.17, 15) is 9.59 Å². The standard InChI is InChI=1S/C19H16ClN3O3S/c1-12-15(20)5-2-6-16(12)23-17(24)10-26-18(25)8-14-11-27-19(22-14)13-4-3-7-21-9-13/h2-7,9,11H,8,10H2,1H3,(H,23,24). The number of nitrogens with one attached hydrogen (secondary N) is 1. The molecule has 0 spiro atoms. The summed E-state index contributed by atoms with van der Waals surface area (Å²) in [5, 5.41) is 5.80. The number of carbonyl (C=O) groups excluding carboxylic acids is 2. The molecule has 0 atom stereocenters. The largest absolute Gasteiger partial charge is 0.455 e. The molecule has 2 heterocycles. The van der Waals surface area contributed by atoms with Gasteiger partial charge in [-0.2, -0.15) is 0 Å². The highest BCUT2D eigenvalue weighted by atomic mass is 35.5. The second-order valence-corrected chi connectivity index (χ2v) is 6.95. The minimum atomic E-state index is -0.518. The van der Waals surface area contributed by atoms with Crippen molar-refractivity contribution in [3.8, 4) is 10.6 Å². The van der Waals surface area contributed by atoms with Gasteiger partial charge < -0.3 is 10.1 Å². The predicted molar refractivity (Wildman–Crippen MR) is 105 cm³/mol. The number of carbonyl (C=O) groups is 2. The summed E-state index contributed by atoms with van der Waals surface area (Å²) in [6.07, 6.45) is 3.40. The van der Waals surface area contributed by atoms with Gasteiger partial charge in [-0.05, 0) is 36.8 Å². The van der Waals surface area contributed by atoms with Crippen molar-refractivity contribution in [2.45, 2.75) is 13.3 Å². The van der Waals surface area contributed by atoms with Crippen LogP contribution < -0.4 is 5.32 Å². The summed E-state index contributed by atoms with van der Waals surface area (Å²) >= 11 is 7.44. The molecule has 3 aromatic rings. The van der Waals surface area contributed by atoms with E-state index in [4.69, 9.17) is 16.3 Å². The molecular weight excluding hydrogens is 386 g/mol. The zero-order chi connectivity index (χ0) is 19.2. The van der Waals surface area contributed by atoms with Crippen LogP contribution in [-0.4, -0.2) is 28.5 Å². The number of thiazole rings is 1. The fourth-order valence-corrected chi connectivity index (χ4v) is 3.27. The Labute approximate surface area is 165 Å². The van der Waals surface area contributed by atoms with E-state index in [1.54, 1.807) is 42.9 Å². The number of ether oxygens (including phenoxy) is 1. The van der Waals surface area contributed by atoms with Crippen LogP contribution in [0.25, 0.3) is 10.6 Å². The molecule has 8 heteroatoms. The molecule has 0 saturated carbocycles. The number of hydrogen-bond acceptors (Lipinski definition) is 6. The monoisotopic (exact) mass is 401 g/mol. The molecule has 0 bridgehead atoms. The number of nitrogens with zero attached hydrogens (tertiary/aromatic N) is 2. The van der Waals surface area contributed by atoms with Crippen molar-refractivity contribution in [1.82, 2.24) is 9.97 Å². The quantitative estimate of drug-likeness (QED) is 0.633. The minimum Gasteiger partial charge on any atom is -0.455 e. The van der Waals surface area contributed by atoms with Crippen LogP contribution in [0.2, 0.25) is 5.02 Å². The zero-order valence-electron chi connectivity index (χ0n) is 14.4. The van der Waals surface area contributed by atoms with Crippen molar-refractivity contribution >= 4 is 40.5 Å². The molecule has 1 N–H and O–H groups in total. The number of pyridine rings is 1. The van der Waals surface area contributed by atoms with Crippen LogP contribution in [0.5, 0.6) is 0 Å². The van der Waals surface area contributed by atoms with E-state index >= 15 is 0 Å². The predicted octanol–water partition coefficient (Wildman–Crippen LogP) is 3.89. The van der Waals surface area contributed by atoms with Gasteiger partial charge in [0.15, 0.2) is 6.61 Å². The minimum absolute atomic E-state index is 0.000233. The maximum Gasteiger partial charge on any atom is 0.312 e. The maximum atomic E-state index is 12.0. The Hall–Kier alpha value is -2.77. The Kier molecular flexibility index (Phi) is 6.16. The van der Waals surface area contributed by atoms with Gasteiger partial charge >= 0.3 is 5.97 Å². The fraction of sp³-hybridized carbons (Fsp3) is 0.158. The number of aromatic nitrogens is 2. The molecule has 138 valence electrons. The van der Waals surface area contributed by atoms with Gasteiger partial charge in [-0.3, -0.25) is 14.6 Å². The number of amides is 1. The molecule has 0 aliphatic heterocycles. The van der Waals surface area contributed by atoms with Crippen LogP contribution in [0, 0.1) is 6.92 Å². The van der Waals surface area contributed by atoms with Crippen LogP contribution in [-0.2, 0) is 20.7 Å². The van der Waals surface area contributed by atoms with E-state index in [0.29, 0.717) is 16.4 Å². The van der Waals surface area contributed by atoms with Gasteiger partial charge in [-0.15, -0.1) is 11.3 Å². The lowest BCUT2D eigenvalue weighted by Crippen LogP contribution is -2.22.